The third kappa shape index (κ3) is 2.84. The zero-order valence-corrected chi connectivity index (χ0v) is 15.8. The summed E-state index contributed by atoms with van der Waals surface area (Å²) in [5.41, 5.74) is -0.550. The number of nitrogens with zero attached hydrogens (tertiary/aromatic N) is 3. The normalized spacial score (nSPS) is 28.3. The first kappa shape index (κ1) is 17.2. The highest BCUT2D eigenvalue weighted by Crippen LogP contribution is 2.40. The monoisotopic (exact) mass is 391 g/mol. The highest BCUT2D eigenvalue weighted by molar-refractivity contribution is 7.89. The molecular formula is C18H21N3O5S. The third-order valence-corrected chi connectivity index (χ3v) is 7.34. The molecule has 0 spiro atoms. The Balaban J connectivity index is 1.39. The van der Waals surface area contributed by atoms with Crippen LogP contribution in [0.2, 0.25) is 0 Å². The summed E-state index contributed by atoms with van der Waals surface area (Å²) >= 11 is 0. The van der Waals surface area contributed by atoms with Crippen LogP contribution < -0.4 is 4.74 Å². The lowest BCUT2D eigenvalue weighted by Gasteiger charge is -2.20. The predicted octanol–water partition coefficient (Wildman–Crippen LogP) is 1.55. The van der Waals surface area contributed by atoms with Crippen molar-refractivity contribution in [2.45, 2.75) is 55.1 Å². The molecule has 27 heavy (non-hydrogen) atoms. The molecule has 144 valence electrons. The van der Waals surface area contributed by atoms with E-state index in [1.165, 1.54) is 4.31 Å². The number of hydrogen-bond donors (Lipinski definition) is 1. The molecule has 1 aromatic carbocycles. The molecule has 0 bridgehead atoms. The average Bonchev–Trinajstić information content (AvgIpc) is 3.05. The Bertz CT molecular complexity index is 1000. The maximum absolute atomic E-state index is 13.1. The van der Waals surface area contributed by atoms with E-state index in [-0.39, 0.29) is 36.4 Å². The smallest absolute Gasteiger partial charge is 0.260 e. The van der Waals surface area contributed by atoms with Gasteiger partial charge in [0.2, 0.25) is 10.0 Å². The summed E-state index contributed by atoms with van der Waals surface area (Å²) in [5, 5.41) is 14.9. The summed E-state index contributed by atoms with van der Waals surface area (Å²) in [4.78, 5) is 4.52. The minimum atomic E-state index is -3.73. The van der Waals surface area contributed by atoms with Gasteiger partial charge in [-0.25, -0.2) is 8.42 Å². The van der Waals surface area contributed by atoms with Gasteiger partial charge in [-0.05, 0) is 43.5 Å². The molecule has 2 aliphatic heterocycles. The van der Waals surface area contributed by atoms with E-state index < -0.39 is 15.6 Å². The third-order valence-electron chi connectivity index (χ3n) is 5.50. The lowest BCUT2D eigenvalue weighted by molar-refractivity contribution is 0.0194. The second kappa shape index (κ2) is 5.76. The lowest BCUT2D eigenvalue weighted by atomic mass is 10.0. The van der Waals surface area contributed by atoms with Crippen molar-refractivity contribution in [3.05, 3.63) is 35.5 Å². The second-order valence-corrected chi connectivity index (χ2v) is 9.69. The van der Waals surface area contributed by atoms with E-state index in [4.69, 9.17) is 9.26 Å². The van der Waals surface area contributed by atoms with Crippen LogP contribution in [0.4, 0.5) is 0 Å². The molecule has 0 amide bonds. The molecule has 3 aliphatic rings. The Morgan fingerprint density at radius 3 is 2.93 bits per heavy atom. The summed E-state index contributed by atoms with van der Waals surface area (Å²) in [5.74, 6) is 1.76. The number of ether oxygens (including phenoxy) is 1. The summed E-state index contributed by atoms with van der Waals surface area (Å²) < 4.78 is 38.3. The van der Waals surface area contributed by atoms with Crippen LogP contribution in [0.3, 0.4) is 0 Å². The topological polar surface area (TPSA) is 106 Å². The van der Waals surface area contributed by atoms with Gasteiger partial charge in [0, 0.05) is 25.3 Å². The maximum atomic E-state index is 13.1. The SMILES string of the molecule is CC1Cc2cc(S(=O)(=O)N3CCC(O)(c4nc(C5CC5)no4)C3)ccc2O1. The van der Waals surface area contributed by atoms with Crippen LogP contribution in [-0.2, 0) is 22.0 Å². The molecule has 2 aromatic rings. The van der Waals surface area contributed by atoms with E-state index in [1.54, 1.807) is 18.2 Å². The van der Waals surface area contributed by atoms with Gasteiger partial charge in [0.15, 0.2) is 11.4 Å². The van der Waals surface area contributed by atoms with Gasteiger partial charge in [0.1, 0.15) is 11.9 Å². The predicted molar refractivity (Wildman–Crippen MR) is 93.8 cm³/mol. The number of β-amino-alcohol motifs (C(OH)–C–C–N with tert-alkyl or cyclic N) is 1. The first-order chi connectivity index (χ1) is 12.8. The quantitative estimate of drug-likeness (QED) is 0.843. The van der Waals surface area contributed by atoms with Gasteiger partial charge in [-0.1, -0.05) is 5.16 Å². The van der Waals surface area contributed by atoms with Crippen molar-refractivity contribution in [1.82, 2.24) is 14.4 Å². The number of fused-ring (bicyclic) bond motifs is 1. The number of rotatable bonds is 4. The number of aromatic nitrogens is 2. The van der Waals surface area contributed by atoms with E-state index >= 15 is 0 Å². The van der Waals surface area contributed by atoms with E-state index in [0.717, 1.165) is 24.2 Å². The van der Waals surface area contributed by atoms with Crippen LogP contribution in [0, 0.1) is 0 Å². The van der Waals surface area contributed by atoms with Crippen molar-refractivity contribution >= 4 is 10.0 Å². The summed E-state index contributed by atoms with van der Waals surface area (Å²) in [6, 6.07) is 4.93. The fraction of sp³-hybridized carbons (Fsp3) is 0.556. The molecule has 8 nitrogen and oxygen atoms in total. The summed E-state index contributed by atoms with van der Waals surface area (Å²) in [6.45, 7) is 2.06. The second-order valence-electron chi connectivity index (χ2n) is 7.75. The van der Waals surface area contributed by atoms with Gasteiger partial charge < -0.3 is 14.4 Å². The Kier molecular flexibility index (Phi) is 3.66. The van der Waals surface area contributed by atoms with Crippen molar-refractivity contribution in [1.29, 1.82) is 0 Å². The molecule has 2 unspecified atom stereocenters. The van der Waals surface area contributed by atoms with Gasteiger partial charge in [-0.3, -0.25) is 0 Å². The first-order valence-corrected chi connectivity index (χ1v) is 10.7. The van der Waals surface area contributed by atoms with Crippen molar-refractivity contribution in [2.75, 3.05) is 13.1 Å². The molecule has 1 saturated carbocycles. The summed E-state index contributed by atoms with van der Waals surface area (Å²) in [7, 11) is -3.73. The Morgan fingerprint density at radius 1 is 1.33 bits per heavy atom. The number of hydrogen-bond acceptors (Lipinski definition) is 7. The molecule has 1 aromatic heterocycles. The van der Waals surface area contributed by atoms with Gasteiger partial charge in [-0.15, -0.1) is 0 Å². The number of benzene rings is 1. The molecule has 1 N–H and O–H groups in total. The van der Waals surface area contributed by atoms with Gasteiger partial charge >= 0.3 is 0 Å². The highest BCUT2D eigenvalue weighted by Gasteiger charge is 2.47. The molecule has 9 heteroatoms. The molecule has 0 radical (unpaired) electrons. The maximum Gasteiger partial charge on any atom is 0.260 e. The average molecular weight is 391 g/mol. The van der Waals surface area contributed by atoms with Crippen molar-refractivity contribution in [3.8, 4) is 5.75 Å². The minimum absolute atomic E-state index is 0.0491. The van der Waals surface area contributed by atoms with Crippen LogP contribution in [0.1, 0.15) is 49.4 Å². The standard InChI is InChI=1S/C18H21N3O5S/c1-11-8-13-9-14(4-5-15(13)25-11)27(23,24)21-7-6-18(22,10-21)17-19-16(20-26-17)12-2-3-12/h4-5,9,11-12,22H,2-3,6-8,10H2,1H3. The fourth-order valence-electron chi connectivity index (χ4n) is 3.78. The van der Waals surface area contributed by atoms with Crippen LogP contribution in [0.25, 0.3) is 0 Å². The van der Waals surface area contributed by atoms with Crippen LogP contribution in [0.15, 0.2) is 27.6 Å². The molecule has 2 atom stereocenters. The van der Waals surface area contributed by atoms with E-state index in [9.17, 15) is 13.5 Å². The molecule has 3 heterocycles. The summed E-state index contributed by atoms with van der Waals surface area (Å²) in [6.07, 6.45) is 3.02. The van der Waals surface area contributed by atoms with Gasteiger partial charge in [-0.2, -0.15) is 9.29 Å². The Morgan fingerprint density at radius 2 is 2.15 bits per heavy atom. The van der Waals surface area contributed by atoms with Crippen molar-refractivity contribution < 1.29 is 22.8 Å². The van der Waals surface area contributed by atoms with E-state index in [1.807, 2.05) is 6.92 Å². The highest BCUT2D eigenvalue weighted by atomic mass is 32.2. The number of sulfonamides is 1. The lowest BCUT2D eigenvalue weighted by Crippen LogP contribution is -2.34. The van der Waals surface area contributed by atoms with Crippen LogP contribution in [-0.4, -0.2) is 47.2 Å². The van der Waals surface area contributed by atoms with Crippen LogP contribution in [0.5, 0.6) is 5.75 Å². The van der Waals surface area contributed by atoms with Crippen molar-refractivity contribution in [2.24, 2.45) is 0 Å². The molecular weight excluding hydrogens is 370 g/mol. The van der Waals surface area contributed by atoms with Crippen LogP contribution >= 0.6 is 0 Å². The molecule has 5 rings (SSSR count). The molecule has 1 saturated heterocycles. The van der Waals surface area contributed by atoms with Gasteiger partial charge in [0.05, 0.1) is 11.4 Å². The number of aliphatic hydroxyl groups is 1. The fourth-order valence-corrected chi connectivity index (χ4v) is 5.32. The largest absolute Gasteiger partial charge is 0.490 e. The van der Waals surface area contributed by atoms with Crippen molar-refractivity contribution in [3.63, 3.8) is 0 Å². The molecule has 1 aliphatic carbocycles. The van der Waals surface area contributed by atoms with E-state index in [0.29, 0.717) is 18.2 Å². The molecule has 2 fully saturated rings. The first-order valence-electron chi connectivity index (χ1n) is 9.21. The van der Waals surface area contributed by atoms with E-state index in [2.05, 4.69) is 10.1 Å². The Labute approximate surface area is 157 Å². The van der Waals surface area contributed by atoms with Gasteiger partial charge in [0.25, 0.3) is 5.89 Å². The Hall–Kier alpha value is -1.97. The zero-order chi connectivity index (χ0) is 18.8. The minimum Gasteiger partial charge on any atom is -0.490 e. The zero-order valence-electron chi connectivity index (χ0n) is 15.0.